The number of hydrogen-bond donors (Lipinski definition) is 0. The maximum atomic E-state index is 12.7. The summed E-state index contributed by atoms with van der Waals surface area (Å²) in [6.45, 7) is 0. The Hall–Kier alpha value is -1.42. The minimum atomic E-state index is -0.316. The molecular formula is C11H7BrFNO. The molecule has 2 aromatic rings. The number of halogens is 2. The molecule has 0 radical (unpaired) electrons. The van der Waals surface area contributed by atoms with Crippen LogP contribution in [-0.4, -0.2) is 4.57 Å². The number of rotatable bonds is 1. The number of benzene rings is 1. The van der Waals surface area contributed by atoms with Crippen molar-refractivity contribution in [1.82, 2.24) is 4.57 Å². The first-order valence-corrected chi connectivity index (χ1v) is 5.10. The van der Waals surface area contributed by atoms with Crippen LogP contribution >= 0.6 is 15.9 Å². The standard InChI is InChI=1S/C11H7BrFNO/c12-8-5-6-14(11(15)7-8)10-3-1-9(13)2-4-10/h1-7H. The van der Waals surface area contributed by atoms with Crippen LogP contribution in [0.1, 0.15) is 0 Å². The van der Waals surface area contributed by atoms with E-state index in [4.69, 9.17) is 0 Å². The Labute approximate surface area is 94.1 Å². The van der Waals surface area contributed by atoms with E-state index in [9.17, 15) is 9.18 Å². The molecule has 1 aromatic heterocycles. The summed E-state index contributed by atoms with van der Waals surface area (Å²) in [6, 6.07) is 8.98. The van der Waals surface area contributed by atoms with Gasteiger partial charge < -0.3 is 0 Å². The Morgan fingerprint density at radius 1 is 1.13 bits per heavy atom. The predicted molar refractivity (Wildman–Crippen MR) is 59.7 cm³/mol. The highest BCUT2D eigenvalue weighted by molar-refractivity contribution is 9.10. The van der Waals surface area contributed by atoms with Crippen LogP contribution in [0.5, 0.6) is 0 Å². The third kappa shape index (κ3) is 2.15. The molecule has 0 aliphatic carbocycles. The van der Waals surface area contributed by atoms with Crippen molar-refractivity contribution in [2.45, 2.75) is 0 Å². The van der Waals surface area contributed by atoms with Gasteiger partial charge in [0.25, 0.3) is 5.56 Å². The monoisotopic (exact) mass is 267 g/mol. The van der Waals surface area contributed by atoms with E-state index in [0.717, 1.165) is 4.47 Å². The summed E-state index contributed by atoms with van der Waals surface area (Å²) in [5.41, 5.74) is 0.491. The molecule has 0 amide bonds. The van der Waals surface area contributed by atoms with Crippen LogP contribution in [0.3, 0.4) is 0 Å². The molecule has 15 heavy (non-hydrogen) atoms. The van der Waals surface area contributed by atoms with Crippen LogP contribution in [0.4, 0.5) is 4.39 Å². The fraction of sp³-hybridized carbons (Fsp3) is 0. The lowest BCUT2D eigenvalue weighted by Crippen LogP contribution is -2.15. The average molecular weight is 268 g/mol. The van der Waals surface area contributed by atoms with Gasteiger partial charge in [0.05, 0.1) is 0 Å². The SMILES string of the molecule is O=c1cc(Br)ccn1-c1ccc(F)cc1. The maximum Gasteiger partial charge on any atom is 0.256 e. The summed E-state index contributed by atoms with van der Waals surface area (Å²) in [4.78, 5) is 11.6. The van der Waals surface area contributed by atoms with Gasteiger partial charge in [0, 0.05) is 22.4 Å². The molecule has 0 saturated heterocycles. The van der Waals surface area contributed by atoms with Crippen molar-refractivity contribution in [3.8, 4) is 5.69 Å². The van der Waals surface area contributed by atoms with E-state index in [1.807, 2.05) is 0 Å². The minimum absolute atomic E-state index is 0.156. The van der Waals surface area contributed by atoms with Crippen molar-refractivity contribution in [1.29, 1.82) is 0 Å². The fourth-order valence-electron chi connectivity index (χ4n) is 1.27. The van der Waals surface area contributed by atoms with Crippen molar-refractivity contribution in [3.05, 3.63) is 63.2 Å². The lowest BCUT2D eigenvalue weighted by Gasteiger charge is -2.04. The normalized spacial score (nSPS) is 10.3. The van der Waals surface area contributed by atoms with Crippen molar-refractivity contribution >= 4 is 15.9 Å². The molecule has 4 heteroatoms. The maximum absolute atomic E-state index is 12.7. The molecule has 0 bridgehead atoms. The molecule has 0 aliphatic rings. The number of aromatic nitrogens is 1. The largest absolute Gasteiger partial charge is 0.284 e. The molecule has 0 saturated carbocycles. The number of pyridine rings is 1. The van der Waals surface area contributed by atoms with Gasteiger partial charge in [-0.15, -0.1) is 0 Å². The van der Waals surface area contributed by atoms with E-state index in [0.29, 0.717) is 5.69 Å². The number of hydrogen-bond acceptors (Lipinski definition) is 1. The predicted octanol–water partition coefficient (Wildman–Crippen LogP) is 2.74. The zero-order chi connectivity index (χ0) is 10.8. The molecule has 0 spiro atoms. The van der Waals surface area contributed by atoms with E-state index < -0.39 is 0 Å². The minimum Gasteiger partial charge on any atom is -0.284 e. The van der Waals surface area contributed by atoms with Gasteiger partial charge in [-0.1, -0.05) is 15.9 Å². The Balaban J connectivity index is 2.55. The highest BCUT2D eigenvalue weighted by atomic mass is 79.9. The lowest BCUT2D eigenvalue weighted by atomic mass is 10.3. The molecule has 0 unspecified atom stereocenters. The van der Waals surface area contributed by atoms with Crippen LogP contribution < -0.4 is 5.56 Å². The van der Waals surface area contributed by atoms with E-state index in [-0.39, 0.29) is 11.4 Å². The molecular weight excluding hydrogens is 261 g/mol. The first kappa shape index (κ1) is 10.1. The van der Waals surface area contributed by atoms with Crippen molar-refractivity contribution in [2.75, 3.05) is 0 Å². The third-order valence-electron chi connectivity index (χ3n) is 1.99. The Bertz CT molecular complexity index is 533. The highest BCUT2D eigenvalue weighted by Gasteiger charge is 1.99. The molecule has 76 valence electrons. The summed E-state index contributed by atoms with van der Waals surface area (Å²) in [6.07, 6.45) is 1.64. The van der Waals surface area contributed by atoms with Crippen molar-refractivity contribution in [3.63, 3.8) is 0 Å². The van der Waals surface area contributed by atoms with Crippen molar-refractivity contribution in [2.24, 2.45) is 0 Å². The highest BCUT2D eigenvalue weighted by Crippen LogP contribution is 2.09. The zero-order valence-corrected chi connectivity index (χ0v) is 9.24. The fourth-order valence-corrected chi connectivity index (χ4v) is 1.58. The summed E-state index contributed by atoms with van der Waals surface area (Å²) in [7, 11) is 0. The van der Waals surface area contributed by atoms with Gasteiger partial charge in [0.1, 0.15) is 5.82 Å². The van der Waals surface area contributed by atoms with E-state index >= 15 is 0 Å². The van der Waals surface area contributed by atoms with Gasteiger partial charge in [-0.25, -0.2) is 4.39 Å². The summed E-state index contributed by atoms with van der Waals surface area (Å²) < 4.78 is 14.8. The van der Waals surface area contributed by atoms with Gasteiger partial charge in [0.2, 0.25) is 0 Å². The molecule has 0 N–H and O–H groups in total. The number of nitrogens with zero attached hydrogens (tertiary/aromatic N) is 1. The first-order chi connectivity index (χ1) is 7.16. The quantitative estimate of drug-likeness (QED) is 0.779. The Morgan fingerprint density at radius 2 is 1.80 bits per heavy atom. The molecule has 0 fully saturated rings. The Morgan fingerprint density at radius 3 is 2.40 bits per heavy atom. The molecule has 2 nitrogen and oxygen atoms in total. The topological polar surface area (TPSA) is 22.0 Å². The van der Waals surface area contributed by atoms with E-state index in [1.54, 1.807) is 24.4 Å². The smallest absolute Gasteiger partial charge is 0.256 e. The molecule has 2 rings (SSSR count). The second-order valence-electron chi connectivity index (χ2n) is 3.03. The first-order valence-electron chi connectivity index (χ1n) is 4.31. The second-order valence-corrected chi connectivity index (χ2v) is 3.95. The van der Waals surface area contributed by atoms with Gasteiger partial charge in [0.15, 0.2) is 0 Å². The van der Waals surface area contributed by atoms with Crippen LogP contribution in [0, 0.1) is 5.82 Å². The van der Waals surface area contributed by atoms with Gasteiger partial charge in [-0.05, 0) is 30.3 Å². The van der Waals surface area contributed by atoms with Crippen LogP contribution in [0.2, 0.25) is 0 Å². The average Bonchev–Trinajstić information content (AvgIpc) is 2.20. The lowest BCUT2D eigenvalue weighted by molar-refractivity contribution is 0.627. The summed E-state index contributed by atoms with van der Waals surface area (Å²) >= 11 is 3.21. The summed E-state index contributed by atoms with van der Waals surface area (Å²) in [5.74, 6) is -0.316. The van der Waals surface area contributed by atoms with Crippen molar-refractivity contribution < 1.29 is 4.39 Å². The summed E-state index contributed by atoms with van der Waals surface area (Å²) in [5, 5.41) is 0. The van der Waals surface area contributed by atoms with Gasteiger partial charge in [-0.2, -0.15) is 0 Å². The molecule has 0 atom stereocenters. The third-order valence-corrected chi connectivity index (χ3v) is 2.48. The van der Waals surface area contributed by atoms with Crippen LogP contribution in [-0.2, 0) is 0 Å². The molecule has 1 heterocycles. The van der Waals surface area contributed by atoms with Gasteiger partial charge in [-0.3, -0.25) is 9.36 Å². The molecule has 0 aliphatic heterocycles. The van der Waals surface area contributed by atoms with Crippen LogP contribution in [0.25, 0.3) is 5.69 Å². The molecule has 1 aromatic carbocycles. The van der Waals surface area contributed by atoms with E-state index in [2.05, 4.69) is 15.9 Å². The van der Waals surface area contributed by atoms with Crippen LogP contribution in [0.15, 0.2) is 51.9 Å². The van der Waals surface area contributed by atoms with E-state index in [1.165, 1.54) is 22.8 Å². The van der Waals surface area contributed by atoms with Gasteiger partial charge >= 0.3 is 0 Å². The Kier molecular flexibility index (Phi) is 2.68. The second kappa shape index (κ2) is 3.98. The zero-order valence-electron chi connectivity index (χ0n) is 7.65.